The molecule has 0 bridgehead atoms. The van der Waals surface area contributed by atoms with E-state index in [4.69, 9.17) is 4.98 Å². The Morgan fingerprint density at radius 1 is 1.21 bits per heavy atom. The highest BCUT2D eigenvalue weighted by atomic mass is 32.1. The molecule has 2 N–H and O–H groups in total. The van der Waals surface area contributed by atoms with Crippen LogP contribution < -0.4 is 5.32 Å². The maximum absolute atomic E-state index is 12.8. The number of thiazole rings is 1. The molecule has 1 aromatic carbocycles. The number of amides is 1. The van der Waals surface area contributed by atoms with Crippen LogP contribution in [0.2, 0.25) is 0 Å². The molecule has 0 fully saturated rings. The van der Waals surface area contributed by atoms with E-state index in [0.717, 1.165) is 27.5 Å². The van der Waals surface area contributed by atoms with Gasteiger partial charge in [-0.2, -0.15) is 0 Å². The first-order chi connectivity index (χ1) is 13.7. The van der Waals surface area contributed by atoms with E-state index in [9.17, 15) is 9.90 Å². The Bertz CT molecular complexity index is 1100. The number of pyridine rings is 1. The Balaban J connectivity index is 1.75. The van der Waals surface area contributed by atoms with Crippen LogP contribution in [0, 0.1) is 0 Å². The van der Waals surface area contributed by atoms with Gasteiger partial charge in [-0.3, -0.25) is 4.79 Å². The van der Waals surface area contributed by atoms with E-state index in [2.05, 4.69) is 5.32 Å². The summed E-state index contributed by atoms with van der Waals surface area (Å²) in [7, 11) is 0. The Hall–Kier alpha value is -2.96. The molecule has 0 spiro atoms. The van der Waals surface area contributed by atoms with E-state index in [1.807, 2.05) is 77.5 Å². The number of rotatable bonds is 6. The van der Waals surface area contributed by atoms with Crippen molar-refractivity contribution in [1.82, 2.24) is 14.7 Å². The van der Waals surface area contributed by atoms with Crippen LogP contribution in [0.4, 0.5) is 0 Å². The van der Waals surface area contributed by atoms with Crippen LogP contribution in [0.1, 0.15) is 23.7 Å². The number of hydrogen-bond donors (Lipinski definition) is 2. The lowest BCUT2D eigenvalue weighted by Crippen LogP contribution is -2.36. The van der Waals surface area contributed by atoms with Crippen molar-refractivity contribution in [2.75, 3.05) is 6.61 Å². The molecule has 0 radical (unpaired) electrons. The maximum Gasteiger partial charge on any atom is 0.253 e. The Morgan fingerprint density at radius 2 is 2.00 bits per heavy atom. The molecule has 3 aromatic heterocycles. The first-order valence-corrected chi connectivity index (χ1v) is 10.1. The Kier molecular flexibility index (Phi) is 5.23. The number of aliphatic hydroxyl groups is 1. The molecule has 4 aromatic rings. The van der Waals surface area contributed by atoms with Crippen LogP contribution in [-0.2, 0) is 0 Å². The summed E-state index contributed by atoms with van der Waals surface area (Å²) in [6, 6.07) is 17.4. The van der Waals surface area contributed by atoms with Crippen molar-refractivity contribution in [2.24, 2.45) is 0 Å². The van der Waals surface area contributed by atoms with E-state index in [0.29, 0.717) is 12.0 Å². The van der Waals surface area contributed by atoms with Gasteiger partial charge in [0.1, 0.15) is 5.01 Å². The quantitative estimate of drug-likeness (QED) is 0.517. The lowest BCUT2D eigenvalue weighted by Gasteiger charge is -2.13. The largest absolute Gasteiger partial charge is 0.394 e. The van der Waals surface area contributed by atoms with Gasteiger partial charge < -0.3 is 14.8 Å². The zero-order valence-corrected chi connectivity index (χ0v) is 16.3. The summed E-state index contributed by atoms with van der Waals surface area (Å²) in [6.45, 7) is 1.86. The molecule has 1 atom stereocenters. The van der Waals surface area contributed by atoms with Gasteiger partial charge in [0, 0.05) is 17.1 Å². The van der Waals surface area contributed by atoms with E-state index in [1.165, 1.54) is 0 Å². The topological polar surface area (TPSA) is 66.6 Å². The number of carbonyl (C=O) groups is 1. The summed E-state index contributed by atoms with van der Waals surface area (Å²) >= 11 is 1.58. The zero-order chi connectivity index (χ0) is 19.5. The third-order valence-corrected chi connectivity index (χ3v) is 5.65. The summed E-state index contributed by atoms with van der Waals surface area (Å²) in [4.78, 5) is 17.6. The van der Waals surface area contributed by atoms with Crippen molar-refractivity contribution in [3.63, 3.8) is 0 Å². The summed E-state index contributed by atoms with van der Waals surface area (Å²) in [5.74, 6) is -0.186. The fourth-order valence-electron chi connectivity index (χ4n) is 3.18. The minimum absolute atomic E-state index is 0.0760. The number of benzene rings is 1. The lowest BCUT2D eigenvalue weighted by molar-refractivity contribution is 0.0916. The molecule has 6 heteroatoms. The first-order valence-electron chi connectivity index (χ1n) is 9.24. The summed E-state index contributed by atoms with van der Waals surface area (Å²) in [5, 5.41) is 15.3. The van der Waals surface area contributed by atoms with Gasteiger partial charge in [-0.25, -0.2) is 4.98 Å². The van der Waals surface area contributed by atoms with E-state index >= 15 is 0 Å². The molecule has 0 aliphatic carbocycles. The highest BCUT2D eigenvalue weighted by Gasteiger charge is 2.19. The Morgan fingerprint density at radius 3 is 2.75 bits per heavy atom. The normalized spacial score (nSPS) is 12.2. The average Bonchev–Trinajstić information content (AvgIpc) is 3.37. The van der Waals surface area contributed by atoms with Gasteiger partial charge in [-0.1, -0.05) is 43.3 Å². The molecule has 0 aliphatic heterocycles. The monoisotopic (exact) mass is 391 g/mol. The van der Waals surface area contributed by atoms with Crippen LogP contribution in [0.5, 0.6) is 0 Å². The molecule has 0 saturated heterocycles. The minimum atomic E-state index is -0.251. The molecule has 28 heavy (non-hydrogen) atoms. The predicted molar refractivity (Wildman–Crippen MR) is 113 cm³/mol. The molecule has 3 heterocycles. The predicted octanol–water partition coefficient (Wildman–Crippen LogP) is 4.23. The third-order valence-electron chi connectivity index (χ3n) is 4.76. The number of hydrogen-bond acceptors (Lipinski definition) is 4. The van der Waals surface area contributed by atoms with Crippen molar-refractivity contribution in [1.29, 1.82) is 0 Å². The van der Waals surface area contributed by atoms with Crippen molar-refractivity contribution in [2.45, 2.75) is 19.4 Å². The zero-order valence-electron chi connectivity index (χ0n) is 15.5. The second kappa shape index (κ2) is 7.96. The summed E-state index contributed by atoms with van der Waals surface area (Å²) < 4.78 is 1.98. The van der Waals surface area contributed by atoms with E-state index < -0.39 is 0 Å². The van der Waals surface area contributed by atoms with Crippen molar-refractivity contribution in [3.05, 3.63) is 71.7 Å². The SMILES string of the molecule is CC[C@H](CO)NC(=O)c1cc(-c2csc(-c3ccccc3)n2)n2ccccc12. The van der Waals surface area contributed by atoms with Gasteiger partial charge in [0.15, 0.2) is 0 Å². The fraction of sp³-hybridized carbons (Fsp3) is 0.182. The van der Waals surface area contributed by atoms with Crippen LogP contribution >= 0.6 is 11.3 Å². The highest BCUT2D eigenvalue weighted by Crippen LogP contribution is 2.31. The summed E-state index contributed by atoms with van der Waals surface area (Å²) in [6.07, 6.45) is 2.61. The Labute approximate surface area is 167 Å². The van der Waals surface area contributed by atoms with Crippen molar-refractivity contribution < 1.29 is 9.90 Å². The van der Waals surface area contributed by atoms with E-state index in [-0.39, 0.29) is 18.6 Å². The molecule has 0 saturated carbocycles. The molecular weight excluding hydrogens is 370 g/mol. The number of nitrogens with zero attached hydrogens (tertiary/aromatic N) is 2. The second-order valence-electron chi connectivity index (χ2n) is 6.56. The van der Waals surface area contributed by atoms with E-state index in [1.54, 1.807) is 11.3 Å². The highest BCUT2D eigenvalue weighted by molar-refractivity contribution is 7.13. The van der Waals surface area contributed by atoms with Gasteiger partial charge in [0.25, 0.3) is 5.91 Å². The van der Waals surface area contributed by atoms with Gasteiger partial charge >= 0.3 is 0 Å². The number of aliphatic hydroxyl groups excluding tert-OH is 1. The number of nitrogens with one attached hydrogen (secondary N) is 1. The molecule has 0 aliphatic rings. The van der Waals surface area contributed by atoms with Gasteiger partial charge in [0.05, 0.1) is 35.1 Å². The third kappa shape index (κ3) is 3.44. The second-order valence-corrected chi connectivity index (χ2v) is 7.42. The maximum atomic E-state index is 12.8. The minimum Gasteiger partial charge on any atom is -0.394 e. The molecule has 142 valence electrons. The van der Waals surface area contributed by atoms with Gasteiger partial charge in [-0.15, -0.1) is 11.3 Å². The molecule has 1 amide bonds. The van der Waals surface area contributed by atoms with Crippen molar-refractivity contribution in [3.8, 4) is 22.0 Å². The lowest BCUT2D eigenvalue weighted by atomic mass is 10.2. The van der Waals surface area contributed by atoms with Gasteiger partial charge in [-0.05, 0) is 24.6 Å². The standard InChI is InChI=1S/C22H21N3O2S/c1-2-16(13-26)23-21(27)17-12-20(25-11-7-6-10-19(17)25)18-14-28-22(24-18)15-8-4-3-5-9-15/h3-12,14,16,26H,2,13H2,1H3,(H,23,27)/t16-/m1/s1. The van der Waals surface area contributed by atoms with Crippen LogP contribution in [0.15, 0.2) is 66.2 Å². The fourth-order valence-corrected chi connectivity index (χ4v) is 4.00. The number of aromatic nitrogens is 2. The molecule has 4 rings (SSSR count). The number of carbonyl (C=O) groups excluding carboxylic acids is 1. The van der Waals surface area contributed by atoms with Crippen LogP contribution in [0.25, 0.3) is 27.5 Å². The van der Waals surface area contributed by atoms with Crippen molar-refractivity contribution >= 4 is 22.8 Å². The van der Waals surface area contributed by atoms with Crippen LogP contribution in [-0.4, -0.2) is 33.0 Å². The molecular formula is C22H21N3O2S. The first kappa shape index (κ1) is 18.4. The van der Waals surface area contributed by atoms with Gasteiger partial charge in [0.2, 0.25) is 0 Å². The smallest absolute Gasteiger partial charge is 0.253 e. The molecule has 5 nitrogen and oxygen atoms in total. The number of fused-ring (bicyclic) bond motifs is 1. The molecule has 0 unspecified atom stereocenters. The van der Waals surface area contributed by atoms with Crippen LogP contribution in [0.3, 0.4) is 0 Å². The summed E-state index contributed by atoms with van der Waals surface area (Å²) in [5.41, 5.74) is 4.18. The average molecular weight is 391 g/mol.